The van der Waals surface area contributed by atoms with Crippen LogP contribution in [0.4, 0.5) is 0 Å². The lowest BCUT2D eigenvalue weighted by molar-refractivity contribution is 0.165. The van der Waals surface area contributed by atoms with E-state index >= 15 is 0 Å². The van der Waals surface area contributed by atoms with Gasteiger partial charge in [-0.15, -0.1) is 0 Å². The highest BCUT2D eigenvalue weighted by Gasteiger charge is 2.17. The standard InChI is InChI=1S/C11H16BrN3/c1-9-7-13-4-5-15(9)8-10-2-3-14-11(12)6-10/h2-3,6,9,13H,4-5,7-8H2,1H3. The Kier molecular flexibility index (Phi) is 3.72. The van der Waals surface area contributed by atoms with Crippen molar-refractivity contribution in [3.63, 3.8) is 0 Å². The molecule has 1 atom stereocenters. The average molecular weight is 270 g/mol. The predicted molar refractivity (Wildman–Crippen MR) is 64.7 cm³/mol. The summed E-state index contributed by atoms with van der Waals surface area (Å²) in [6.45, 7) is 6.59. The Hall–Kier alpha value is -0.450. The summed E-state index contributed by atoms with van der Waals surface area (Å²) in [6.07, 6.45) is 1.85. The number of piperazine rings is 1. The lowest BCUT2D eigenvalue weighted by Gasteiger charge is -2.33. The minimum Gasteiger partial charge on any atom is -0.314 e. The van der Waals surface area contributed by atoms with Crippen LogP contribution in [-0.4, -0.2) is 35.6 Å². The van der Waals surface area contributed by atoms with E-state index in [4.69, 9.17) is 0 Å². The topological polar surface area (TPSA) is 28.2 Å². The van der Waals surface area contributed by atoms with E-state index in [1.807, 2.05) is 6.20 Å². The van der Waals surface area contributed by atoms with Crippen LogP contribution in [0.5, 0.6) is 0 Å². The van der Waals surface area contributed by atoms with Gasteiger partial charge >= 0.3 is 0 Å². The van der Waals surface area contributed by atoms with Gasteiger partial charge in [0.1, 0.15) is 4.60 Å². The molecule has 0 aliphatic carbocycles. The highest BCUT2D eigenvalue weighted by Crippen LogP contribution is 2.13. The van der Waals surface area contributed by atoms with Crippen LogP contribution in [0.1, 0.15) is 12.5 Å². The molecule has 4 heteroatoms. The second kappa shape index (κ2) is 5.05. The molecule has 15 heavy (non-hydrogen) atoms. The lowest BCUT2D eigenvalue weighted by atomic mass is 10.2. The maximum Gasteiger partial charge on any atom is 0.106 e. The number of nitrogens with one attached hydrogen (secondary N) is 1. The largest absolute Gasteiger partial charge is 0.314 e. The van der Waals surface area contributed by atoms with Crippen molar-refractivity contribution in [2.75, 3.05) is 19.6 Å². The Balaban J connectivity index is 2.01. The van der Waals surface area contributed by atoms with Crippen LogP contribution in [-0.2, 0) is 6.54 Å². The molecule has 1 saturated heterocycles. The molecule has 1 aromatic rings. The Morgan fingerprint density at radius 3 is 3.27 bits per heavy atom. The third kappa shape index (κ3) is 3.00. The van der Waals surface area contributed by atoms with Gasteiger partial charge in [-0.1, -0.05) is 0 Å². The molecule has 1 aliphatic heterocycles. The number of rotatable bonds is 2. The summed E-state index contributed by atoms with van der Waals surface area (Å²) < 4.78 is 0.919. The third-order valence-electron chi connectivity index (χ3n) is 2.82. The Labute approximate surface area is 99.0 Å². The second-order valence-corrected chi connectivity index (χ2v) is 4.82. The number of nitrogens with zero attached hydrogens (tertiary/aromatic N) is 2. The average Bonchev–Trinajstić information content (AvgIpc) is 2.22. The first-order valence-corrected chi connectivity index (χ1v) is 6.10. The van der Waals surface area contributed by atoms with Crippen LogP contribution in [0.25, 0.3) is 0 Å². The predicted octanol–water partition coefficient (Wildman–Crippen LogP) is 1.64. The van der Waals surface area contributed by atoms with E-state index in [1.165, 1.54) is 5.56 Å². The van der Waals surface area contributed by atoms with Gasteiger partial charge in [-0.05, 0) is 40.5 Å². The molecule has 1 fully saturated rings. The summed E-state index contributed by atoms with van der Waals surface area (Å²) in [7, 11) is 0. The van der Waals surface area contributed by atoms with Gasteiger partial charge in [-0.25, -0.2) is 4.98 Å². The fourth-order valence-corrected chi connectivity index (χ4v) is 2.31. The molecule has 1 N–H and O–H groups in total. The second-order valence-electron chi connectivity index (χ2n) is 4.01. The zero-order chi connectivity index (χ0) is 10.7. The maximum atomic E-state index is 4.14. The Morgan fingerprint density at radius 1 is 1.67 bits per heavy atom. The van der Waals surface area contributed by atoms with E-state index in [-0.39, 0.29) is 0 Å². The van der Waals surface area contributed by atoms with Crippen molar-refractivity contribution in [1.82, 2.24) is 15.2 Å². The lowest BCUT2D eigenvalue weighted by Crippen LogP contribution is -2.49. The molecule has 1 unspecified atom stereocenters. The first-order valence-electron chi connectivity index (χ1n) is 5.31. The highest BCUT2D eigenvalue weighted by atomic mass is 79.9. The van der Waals surface area contributed by atoms with Gasteiger partial charge in [0.2, 0.25) is 0 Å². The van der Waals surface area contributed by atoms with E-state index in [2.05, 4.69) is 50.2 Å². The van der Waals surface area contributed by atoms with Crippen LogP contribution in [0.2, 0.25) is 0 Å². The van der Waals surface area contributed by atoms with Gasteiger partial charge in [0.05, 0.1) is 0 Å². The molecule has 0 aromatic carbocycles. The highest BCUT2D eigenvalue weighted by molar-refractivity contribution is 9.10. The van der Waals surface area contributed by atoms with Crippen LogP contribution in [0, 0.1) is 0 Å². The monoisotopic (exact) mass is 269 g/mol. The van der Waals surface area contributed by atoms with Gasteiger partial charge in [0.25, 0.3) is 0 Å². The molecule has 0 bridgehead atoms. The summed E-state index contributed by atoms with van der Waals surface area (Å²) >= 11 is 3.40. The van der Waals surface area contributed by atoms with Crippen molar-refractivity contribution in [3.8, 4) is 0 Å². The summed E-state index contributed by atoms with van der Waals surface area (Å²) in [6, 6.07) is 4.79. The van der Waals surface area contributed by atoms with E-state index in [1.54, 1.807) is 0 Å². The van der Waals surface area contributed by atoms with Crippen molar-refractivity contribution in [1.29, 1.82) is 0 Å². The van der Waals surface area contributed by atoms with Gasteiger partial charge in [-0.3, -0.25) is 4.90 Å². The van der Waals surface area contributed by atoms with Crippen molar-refractivity contribution >= 4 is 15.9 Å². The minimum absolute atomic E-state index is 0.616. The number of aromatic nitrogens is 1. The molecule has 0 amide bonds. The van der Waals surface area contributed by atoms with E-state index in [0.717, 1.165) is 30.8 Å². The van der Waals surface area contributed by atoms with Gasteiger partial charge in [0, 0.05) is 38.4 Å². The maximum absolute atomic E-state index is 4.14. The molecule has 0 spiro atoms. The summed E-state index contributed by atoms with van der Waals surface area (Å²) in [5.41, 5.74) is 1.32. The number of hydrogen-bond acceptors (Lipinski definition) is 3. The SMILES string of the molecule is CC1CNCCN1Cc1ccnc(Br)c1. The van der Waals surface area contributed by atoms with E-state index in [9.17, 15) is 0 Å². The molecule has 3 nitrogen and oxygen atoms in total. The first kappa shape index (κ1) is 11.0. The molecule has 2 rings (SSSR count). The van der Waals surface area contributed by atoms with Crippen molar-refractivity contribution in [2.24, 2.45) is 0 Å². The molecule has 1 aliphatic rings. The molecular weight excluding hydrogens is 254 g/mol. The smallest absolute Gasteiger partial charge is 0.106 e. The van der Waals surface area contributed by atoms with E-state index < -0.39 is 0 Å². The van der Waals surface area contributed by atoms with Gasteiger partial charge in [0.15, 0.2) is 0 Å². The van der Waals surface area contributed by atoms with Crippen LogP contribution in [0.3, 0.4) is 0 Å². The minimum atomic E-state index is 0.616. The fraction of sp³-hybridized carbons (Fsp3) is 0.545. The molecule has 82 valence electrons. The summed E-state index contributed by atoms with van der Waals surface area (Å²) in [5, 5.41) is 3.40. The Bertz CT molecular complexity index is 329. The van der Waals surface area contributed by atoms with Crippen molar-refractivity contribution in [2.45, 2.75) is 19.5 Å². The third-order valence-corrected chi connectivity index (χ3v) is 3.25. The summed E-state index contributed by atoms with van der Waals surface area (Å²) in [4.78, 5) is 6.64. The molecular formula is C11H16BrN3. The molecule has 0 saturated carbocycles. The molecule has 1 aromatic heterocycles. The first-order chi connectivity index (χ1) is 7.25. The van der Waals surface area contributed by atoms with Crippen molar-refractivity contribution in [3.05, 3.63) is 28.5 Å². The van der Waals surface area contributed by atoms with Crippen LogP contribution < -0.4 is 5.32 Å². The number of pyridine rings is 1. The van der Waals surface area contributed by atoms with Gasteiger partial charge in [-0.2, -0.15) is 0 Å². The molecule has 0 radical (unpaired) electrons. The summed E-state index contributed by atoms with van der Waals surface area (Å²) in [5.74, 6) is 0. The normalized spacial score (nSPS) is 22.9. The Morgan fingerprint density at radius 2 is 2.53 bits per heavy atom. The van der Waals surface area contributed by atoms with Crippen LogP contribution in [0.15, 0.2) is 22.9 Å². The number of hydrogen-bond donors (Lipinski definition) is 1. The number of halogens is 1. The quantitative estimate of drug-likeness (QED) is 0.828. The van der Waals surface area contributed by atoms with Gasteiger partial charge < -0.3 is 5.32 Å². The van der Waals surface area contributed by atoms with Crippen molar-refractivity contribution < 1.29 is 0 Å². The fourth-order valence-electron chi connectivity index (χ4n) is 1.89. The van der Waals surface area contributed by atoms with E-state index in [0.29, 0.717) is 6.04 Å². The zero-order valence-corrected chi connectivity index (χ0v) is 10.5. The zero-order valence-electron chi connectivity index (χ0n) is 8.91. The molecule has 2 heterocycles. The van der Waals surface area contributed by atoms with Crippen LogP contribution >= 0.6 is 15.9 Å².